The molecular weight excluding hydrogens is 320 g/mol. The zero-order chi connectivity index (χ0) is 17.3. The summed E-state index contributed by atoms with van der Waals surface area (Å²) < 4.78 is 7.11. The highest BCUT2D eigenvalue weighted by Gasteiger charge is 2.35. The molecule has 3 aromatic heterocycles. The zero-order valence-corrected chi connectivity index (χ0v) is 14.4. The van der Waals surface area contributed by atoms with Gasteiger partial charge in [0, 0.05) is 11.8 Å². The standard InChI is InChI=1S/C22H17N4/c1-24-20-18-11-12-23-13-19(18)26(16-8-3-2-4-9-16)22(20)25-14-15-7-5-6-10-17(15)21(24)25/h2-13H,14H2,1H3/q+1. The molecule has 0 unspecified atom stereocenters. The normalized spacial score (nSPS) is 12.7. The molecule has 0 fully saturated rings. The largest absolute Gasteiger partial charge is 0.275 e. The molecule has 0 amide bonds. The molecule has 0 bridgehead atoms. The van der Waals surface area contributed by atoms with Gasteiger partial charge in [0.25, 0.3) is 5.65 Å². The van der Waals surface area contributed by atoms with Gasteiger partial charge >= 0.3 is 0 Å². The molecule has 124 valence electrons. The van der Waals surface area contributed by atoms with Crippen LogP contribution in [0.2, 0.25) is 0 Å². The minimum atomic E-state index is 0.902. The van der Waals surface area contributed by atoms with Crippen molar-refractivity contribution < 1.29 is 4.57 Å². The van der Waals surface area contributed by atoms with E-state index in [4.69, 9.17) is 0 Å². The molecule has 0 radical (unpaired) electrons. The number of hydrogen-bond acceptors (Lipinski definition) is 1. The molecule has 1 aliphatic heterocycles. The number of pyridine rings is 1. The van der Waals surface area contributed by atoms with Gasteiger partial charge < -0.3 is 0 Å². The van der Waals surface area contributed by atoms with E-state index in [1.807, 2.05) is 12.4 Å². The number of nitrogens with zero attached hydrogens (tertiary/aromatic N) is 4. The van der Waals surface area contributed by atoms with Crippen molar-refractivity contribution in [2.24, 2.45) is 7.05 Å². The summed E-state index contributed by atoms with van der Waals surface area (Å²) in [5.74, 6) is 1.27. The minimum absolute atomic E-state index is 0.902. The molecule has 2 aromatic carbocycles. The topological polar surface area (TPSA) is 26.6 Å². The van der Waals surface area contributed by atoms with E-state index < -0.39 is 0 Å². The summed E-state index contributed by atoms with van der Waals surface area (Å²) in [6, 6.07) is 21.4. The van der Waals surface area contributed by atoms with Crippen LogP contribution >= 0.6 is 0 Å². The molecule has 4 heteroatoms. The molecule has 1 aliphatic rings. The maximum absolute atomic E-state index is 4.40. The van der Waals surface area contributed by atoms with Gasteiger partial charge in [0.1, 0.15) is 11.2 Å². The molecule has 0 N–H and O–H groups in total. The summed E-state index contributed by atoms with van der Waals surface area (Å²) in [6.07, 6.45) is 3.85. The van der Waals surface area contributed by atoms with Crippen LogP contribution in [-0.2, 0) is 13.6 Å². The van der Waals surface area contributed by atoms with E-state index in [0.717, 1.165) is 17.7 Å². The van der Waals surface area contributed by atoms with Crippen LogP contribution in [0.25, 0.3) is 39.1 Å². The predicted octanol–water partition coefficient (Wildman–Crippen LogP) is 3.83. The number of imidazole rings is 1. The highest BCUT2D eigenvalue weighted by Crippen LogP contribution is 2.36. The Morgan fingerprint density at radius 1 is 0.962 bits per heavy atom. The molecule has 4 heterocycles. The van der Waals surface area contributed by atoms with Crippen LogP contribution in [-0.4, -0.2) is 14.1 Å². The van der Waals surface area contributed by atoms with Gasteiger partial charge in [-0.05, 0) is 24.3 Å². The van der Waals surface area contributed by atoms with E-state index in [1.54, 1.807) is 0 Å². The first-order valence-corrected chi connectivity index (χ1v) is 8.85. The molecule has 0 saturated carbocycles. The number of aryl methyl sites for hydroxylation is 1. The quantitative estimate of drug-likeness (QED) is 0.419. The Kier molecular flexibility index (Phi) is 2.57. The van der Waals surface area contributed by atoms with Crippen molar-refractivity contribution in [3.8, 4) is 17.1 Å². The molecule has 5 aromatic rings. The van der Waals surface area contributed by atoms with Crippen molar-refractivity contribution in [3.63, 3.8) is 0 Å². The Balaban J connectivity index is 1.83. The first-order valence-electron chi connectivity index (χ1n) is 8.85. The second-order valence-electron chi connectivity index (χ2n) is 6.86. The van der Waals surface area contributed by atoms with E-state index in [2.05, 4.69) is 86.4 Å². The second-order valence-corrected chi connectivity index (χ2v) is 6.86. The second kappa shape index (κ2) is 4.82. The van der Waals surface area contributed by atoms with E-state index in [-0.39, 0.29) is 0 Å². The molecular formula is C22H17N4+. The predicted molar refractivity (Wildman–Crippen MR) is 102 cm³/mol. The van der Waals surface area contributed by atoms with Crippen molar-refractivity contribution in [2.75, 3.05) is 0 Å². The molecule has 0 aliphatic carbocycles. The lowest BCUT2D eigenvalue weighted by Crippen LogP contribution is -2.33. The molecule has 4 nitrogen and oxygen atoms in total. The summed E-state index contributed by atoms with van der Waals surface area (Å²) in [5.41, 5.74) is 7.50. The maximum atomic E-state index is 4.40. The van der Waals surface area contributed by atoms with Gasteiger partial charge in [-0.3, -0.25) is 9.55 Å². The van der Waals surface area contributed by atoms with Crippen LogP contribution in [0.15, 0.2) is 73.1 Å². The average molecular weight is 337 g/mol. The van der Waals surface area contributed by atoms with Gasteiger partial charge in [0.2, 0.25) is 5.82 Å². The average Bonchev–Trinajstić information content (AvgIpc) is 3.31. The fraction of sp³-hybridized carbons (Fsp3) is 0.0909. The number of benzene rings is 2. The van der Waals surface area contributed by atoms with E-state index >= 15 is 0 Å². The van der Waals surface area contributed by atoms with Crippen molar-refractivity contribution in [1.29, 1.82) is 0 Å². The minimum Gasteiger partial charge on any atom is -0.261 e. The Hall–Kier alpha value is -3.40. The van der Waals surface area contributed by atoms with Crippen molar-refractivity contribution >= 4 is 22.1 Å². The first-order chi connectivity index (χ1) is 12.8. The van der Waals surface area contributed by atoms with Gasteiger partial charge in [0.15, 0.2) is 5.52 Å². The van der Waals surface area contributed by atoms with Crippen molar-refractivity contribution in [2.45, 2.75) is 6.54 Å². The molecule has 26 heavy (non-hydrogen) atoms. The zero-order valence-electron chi connectivity index (χ0n) is 14.4. The summed E-state index contributed by atoms with van der Waals surface area (Å²) in [4.78, 5) is 4.40. The Morgan fingerprint density at radius 2 is 1.77 bits per heavy atom. The Labute approximate surface area is 150 Å². The number of rotatable bonds is 1. The lowest BCUT2D eigenvalue weighted by Gasteiger charge is -2.03. The molecule has 0 atom stereocenters. The van der Waals surface area contributed by atoms with E-state index in [0.29, 0.717) is 0 Å². The third-order valence-electron chi connectivity index (χ3n) is 5.49. The smallest absolute Gasteiger partial charge is 0.261 e. The number of hydrogen-bond donors (Lipinski definition) is 0. The van der Waals surface area contributed by atoms with Gasteiger partial charge in [-0.25, -0.2) is 9.13 Å². The highest BCUT2D eigenvalue weighted by molar-refractivity contribution is 6.05. The summed E-state index contributed by atoms with van der Waals surface area (Å²) in [5, 5.41) is 1.24. The third kappa shape index (κ3) is 1.59. The number of aromatic nitrogens is 4. The van der Waals surface area contributed by atoms with Crippen LogP contribution in [0.1, 0.15) is 5.56 Å². The van der Waals surface area contributed by atoms with Gasteiger partial charge in [-0.2, -0.15) is 0 Å². The summed E-state index contributed by atoms with van der Waals surface area (Å²) >= 11 is 0. The van der Waals surface area contributed by atoms with Gasteiger partial charge in [-0.1, -0.05) is 36.4 Å². The third-order valence-corrected chi connectivity index (χ3v) is 5.49. The fourth-order valence-corrected chi connectivity index (χ4v) is 4.43. The van der Waals surface area contributed by atoms with Crippen LogP contribution in [0.4, 0.5) is 0 Å². The molecule has 0 spiro atoms. The maximum Gasteiger partial charge on any atom is 0.275 e. The highest BCUT2D eigenvalue weighted by atomic mass is 15.2. The van der Waals surface area contributed by atoms with Gasteiger partial charge in [0.05, 0.1) is 30.7 Å². The fourth-order valence-electron chi connectivity index (χ4n) is 4.43. The van der Waals surface area contributed by atoms with Crippen LogP contribution in [0.5, 0.6) is 0 Å². The van der Waals surface area contributed by atoms with Gasteiger partial charge in [-0.15, -0.1) is 0 Å². The van der Waals surface area contributed by atoms with E-state index in [9.17, 15) is 0 Å². The van der Waals surface area contributed by atoms with Crippen LogP contribution < -0.4 is 4.57 Å². The van der Waals surface area contributed by atoms with Crippen LogP contribution in [0, 0.1) is 0 Å². The summed E-state index contributed by atoms with van der Waals surface area (Å²) in [7, 11) is 2.17. The van der Waals surface area contributed by atoms with Crippen LogP contribution in [0.3, 0.4) is 0 Å². The molecule has 6 rings (SSSR count). The van der Waals surface area contributed by atoms with Crippen molar-refractivity contribution in [1.82, 2.24) is 14.1 Å². The first kappa shape index (κ1) is 13.8. The number of fused-ring (bicyclic) bond motifs is 7. The lowest BCUT2D eigenvalue weighted by atomic mass is 10.1. The van der Waals surface area contributed by atoms with Crippen molar-refractivity contribution in [3.05, 3.63) is 78.6 Å². The monoisotopic (exact) mass is 337 g/mol. The summed E-state index contributed by atoms with van der Waals surface area (Å²) in [6.45, 7) is 0.902. The Morgan fingerprint density at radius 3 is 2.65 bits per heavy atom. The lowest BCUT2D eigenvalue weighted by molar-refractivity contribution is -0.648. The van der Waals surface area contributed by atoms with E-state index in [1.165, 1.54) is 33.5 Å². The molecule has 0 saturated heterocycles. The number of para-hydroxylation sites is 1. The SMILES string of the molecule is Cn1c2[n+](c3c1c1ccncc1n3-c1ccccc1)Cc1ccccc1-2. The Bertz CT molecular complexity index is 1310.